The molecule has 1 unspecified atom stereocenters. The van der Waals surface area contributed by atoms with Crippen LogP contribution in [0.2, 0.25) is 0 Å². The maximum atomic E-state index is 12.9. The predicted molar refractivity (Wildman–Crippen MR) is 112 cm³/mol. The molecule has 1 aliphatic heterocycles. The Morgan fingerprint density at radius 1 is 0.931 bits per heavy atom. The van der Waals surface area contributed by atoms with Crippen LogP contribution in [-0.2, 0) is 4.79 Å². The Morgan fingerprint density at radius 2 is 1.66 bits per heavy atom. The first-order valence-corrected chi connectivity index (χ1v) is 9.54. The number of hydrogen-bond donors (Lipinski definition) is 0. The van der Waals surface area contributed by atoms with Crippen molar-refractivity contribution < 1.29 is 23.7 Å². The number of hydrogen-bond acceptors (Lipinski definition) is 5. The van der Waals surface area contributed by atoms with Gasteiger partial charge < -0.3 is 23.8 Å². The standard InChI is InChI=1S/C23H27NO5/c1-26-17-9-11-20(27-2)18(15-17)19-6-5-13-24(19)23(25)12-8-16-7-10-21(28-3)22(14-16)29-4/h7-12,14-15,19H,5-6,13H2,1-4H3. The molecule has 1 heterocycles. The second kappa shape index (κ2) is 9.37. The van der Waals surface area contributed by atoms with Gasteiger partial charge in [-0.05, 0) is 54.8 Å². The summed E-state index contributed by atoms with van der Waals surface area (Å²) in [6, 6.07) is 11.2. The van der Waals surface area contributed by atoms with E-state index in [0.29, 0.717) is 18.0 Å². The zero-order chi connectivity index (χ0) is 20.8. The number of benzene rings is 2. The quantitative estimate of drug-likeness (QED) is 0.659. The number of nitrogens with zero attached hydrogens (tertiary/aromatic N) is 1. The number of ether oxygens (including phenoxy) is 4. The highest BCUT2D eigenvalue weighted by molar-refractivity contribution is 5.92. The molecule has 0 radical (unpaired) electrons. The lowest BCUT2D eigenvalue weighted by Gasteiger charge is -2.25. The first-order chi connectivity index (χ1) is 14.1. The highest BCUT2D eigenvalue weighted by atomic mass is 16.5. The van der Waals surface area contributed by atoms with Gasteiger partial charge in [-0.15, -0.1) is 0 Å². The summed E-state index contributed by atoms with van der Waals surface area (Å²) in [5.41, 5.74) is 1.84. The van der Waals surface area contributed by atoms with Crippen LogP contribution in [0.4, 0.5) is 0 Å². The molecule has 29 heavy (non-hydrogen) atoms. The summed E-state index contributed by atoms with van der Waals surface area (Å²) in [7, 11) is 6.46. The van der Waals surface area contributed by atoms with E-state index >= 15 is 0 Å². The van der Waals surface area contributed by atoms with Gasteiger partial charge in [-0.3, -0.25) is 4.79 Å². The Hall–Kier alpha value is -3.15. The molecule has 0 spiro atoms. The Kier molecular flexibility index (Phi) is 6.65. The predicted octanol–water partition coefficient (Wildman–Crippen LogP) is 4.10. The van der Waals surface area contributed by atoms with Crippen molar-refractivity contribution in [3.63, 3.8) is 0 Å². The number of carbonyl (C=O) groups excluding carboxylic acids is 1. The molecule has 0 N–H and O–H groups in total. The smallest absolute Gasteiger partial charge is 0.247 e. The van der Waals surface area contributed by atoms with Crippen LogP contribution < -0.4 is 18.9 Å². The van der Waals surface area contributed by atoms with E-state index in [1.165, 1.54) is 0 Å². The molecule has 6 nitrogen and oxygen atoms in total. The van der Waals surface area contributed by atoms with Crippen LogP contribution >= 0.6 is 0 Å². The summed E-state index contributed by atoms with van der Waals surface area (Å²) in [6.45, 7) is 0.708. The van der Waals surface area contributed by atoms with Gasteiger partial charge in [0.25, 0.3) is 0 Å². The fourth-order valence-electron chi connectivity index (χ4n) is 3.67. The molecule has 2 aromatic rings. The zero-order valence-electron chi connectivity index (χ0n) is 17.3. The Labute approximate surface area is 171 Å². The van der Waals surface area contributed by atoms with E-state index in [0.717, 1.165) is 35.5 Å². The minimum absolute atomic E-state index is 0.0350. The van der Waals surface area contributed by atoms with Crippen molar-refractivity contribution in [2.75, 3.05) is 35.0 Å². The lowest BCUT2D eigenvalue weighted by Crippen LogP contribution is -2.29. The van der Waals surface area contributed by atoms with Crippen molar-refractivity contribution in [1.29, 1.82) is 0 Å². The number of likely N-dealkylation sites (tertiary alicyclic amines) is 1. The van der Waals surface area contributed by atoms with Gasteiger partial charge in [-0.25, -0.2) is 0 Å². The Bertz CT molecular complexity index is 893. The third kappa shape index (κ3) is 4.47. The average molecular weight is 397 g/mol. The molecule has 6 heteroatoms. The topological polar surface area (TPSA) is 57.2 Å². The normalized spacial score (nSPS) is 16.1. The van der Waals surface area contributed by atoms with Gasteiger partial charge in [0.1, 0.15) is 11.5 Å². The molecule has 1 saturated heterocycles. The molecule has 0 bridgehead atoms. The van der Waals surface area contributed by atoms with Crippen LogP contribution in [0.25, 0.3) is 6.08 Å². The van der Waals surface area contributed by atoms with Crippen LogP contribution in [0.5, 0.6) is 23.0 Å². The zero-order valence-corrected chi connectivity index (χ0v) is 17.3. The molecule has 0 saturated carbocycles. The van der Waals surface area contributed by atoms with Gasteiger partial charge in [-0.1, -0.05) is 6.07 Å². The van der Waals surface area contributed by atoms with Crippen molar-refractivity contribution in [2.45, 2.75) is 18.9 Å². The third-order valence-electron chi connectivity index (χ3n) is 5.16. The van der Waals surface area contributed by atoms with E-state index in [9.17, 15) is 4.79 Å². The highest BCUT2D eigenvalue weighted by Crippen LogP contribution is 2.39. The molecule has 3 rings (SSSR count). The lowest BCUT2D eigenvalue weighted by atomic mass is 10.0. The molecular formula is C23H27NO5. The van der Waals surface area contributed by atoms with Gasteiger partial charge in [0, 0.05) is 18.2 Å². The summed E-state index contributed by atoms with van der Waals surface area (Å²) in [6.07, 6.45) is 5.23. The summed E-state index contributed by atoms with van der Waals surface area (Å²) >= 11 is 0. The Morgan fingerprint density at radius 3 is 2.34 bits per heavy atom. The average Bonchev–Trinajstić information content (AvgIpc) is 3.26. The lowest BCUT2D eigenvalue weighted by molar-refractivity contribution is -0.126. The Balaban J connectivity index is 1.81. The van der Waals surface area contributed by atoms with Crippen LogP contribution in [0.15, 0.2) is 42.5 Å². The van der Waals surface area contributed by atoms with Gasteiger partial charge in [0.15, 0.2) is 11.5 Å². The van der Waals surface area contributed by atoms with Crippen molar-refractivity contribution in [3.8, 4) is 23.0 Å². The first kappa shape index (κ1) is 20.6. The minimum atomic E-state index is -0.0393. The van der Waals surface area contributed by atoms with Gasteiger partial charge in [0.05, 0.1) is 34.5 Å². The molecular weight excluding hydrogens is 370 g/mol. The van der Waals surface area contributed by atoms with E-state index in [-0.39, 0.29) is 11.9 Å². The van der Waals surface area contributed by atoms with Crippen LogP contribution in [0.1, 0.15) is 30.0 Å². The van der Waals surface area contributed by atoms with Crippen molar-refractivity contribution in [3.05, 3.63) is 53.6 Å². The largest absolute Gasteiger partial charge is 0.497 e. The van der Waals surface area contributed by atoms with Gasteiger partial charge >= 0.3 is 0 Å². The van der Waals surface area contributed by atoms with Crippen molar-refractivity contribution in [2.24, 2.45) is 0 Å². The third-order valence-corrected chi connectivity index (χ3v) is 5.16. The second-order valence-corrected chi connectivity index (χ2v) is 6.75. The number of amides is 1. The van der Waals surface area contributed by atoms with E-state index in [1.807, 2.05) is 41.3 Å². The molecule has 1 amide bonds. The van der Waals surface area contributed by atoms with Crippen LogP contribution in [0.3, 0.4) is 0 Å². The second-order valence-electron chi connectivity index (χ2n) is 6.75. The van der Waals surface area contributed by atoms with E-state index in [2.05, 4.69) is 0 Å². The maximum absolute atomic E-state index is 12.9. The first-order valence-electron chi connectivity index (χ1n) is 9.54. The minimum Gasteiger partial charge on any atom is -0.497 e. The van der Waals surface area contributed by atoms with E-state index < -0.39 is 0 Å². The summed E-state index contributed by atoms with van der Waals surface area (Å²) < 4.78 is 21.5. The van der Waals surface area contributed by atoms with E-state index in [1.54, 1.807) is 40.6 Å². The SMILES string of the molecule is COc1ccc(OC)c(C2CCCN2C(=O)C=Cc2ccc(OC)c(OC)c2)c1. The summed E-state index contributed by atoms with van der Waals surface area (Å²) in [5.74, 6) is 2.76. The molecule has 1 atom stereocenters. The number of rotatable bonds is 7. The van der Waals surface area contributed by atoms with E-state index in [4.69, 9.17) is 18.9 Å². The molecule has 1 aliphatic rings. The number of carbonyl (C=O) groups is 1. The fraction of sp³-hybridized carbons (Fsp3) is 0.348. The van der Waals surface area contributed by atoms with Crippen molar-refractivity contribution in [1.82, 2.24) is 4.90 Å². The summed E-state index contributed by atoms with van der Waals surface area (Å²) in [5, 5.41) is 0. The van der Waals surface area contributed by atoms with Gasteiger partial charge in [0.2, 0.25) is 5.91 Å². The molecule has 1 fully saturated rings. The maximum Gasteiger partial charge on any atom is 0.247 e. The summed E-state index contributed by atoms with van der Waals surface area (Å²) in [4.78, 5) is 14.8. The van der Waals surface area contributed by atoms with Crippen molar-refractivity contribution >= 4 is 12.0 Å². The molecule has 2 aromatic carbocycles. The van der Waals surface area contributed by atoms with Gasteiger partial charge in [-0.2, -0.15) is 0 Å². The molecule has 154 valence electrons. The fourth-order valence-corrected chi connectivity index (χ4v) is 3.67. The highest BCUT2D eigenvalue weighted by Gasteiger charge is 2.31. The molecule has 0 aromatic heterocycles. The van der Waals surface area contributed by atoms with Crippen LogP contribution in [0, 0.1) is 0 Å². The number of methoxy groups -OCH3 is 4. The van der Waals surface area contributed by atoms with Crippen LogP contribution in [-0.4, -0.2) is 45.8 Å². The molecule has 0 aliphatic carbocycles. The monoisotopic (exact) mass is 397 g/mol.